The van der Waals surface area contributed by atoms with Gasteiger partial charge in [0.2, 0.25) is 0 Å². The van der Waals surface area contributed by atoms with Crippen LogP contribution in [-0.2, 0) is 12.8 Å². The Balaban J connectivity index is 2.04. The largest absolute Gasteiger partial charge is 0.478 e. The highest BCUT2D eigenvalue weighted by molar-refractivity contribution is 5.93. The number of nitrogens with zero attached hydrogens (tertiary/aromatic N) is 2. The summed E-state index contributed by atoms with van der Waals surface area (Å²) in [6.45, 7) is 3.03. The molecule has 2 aliphatic rings. The van der Waals surface area contributed by atoms with Crippen molar-refractivity contribution in [2.24, 2.45) is 0 Å². The van der Waals surface area contributed by atoms with Gasteiger partial charge in [-0.15, -0.1) is 0 Å². The molecule has 0 atom stereocenters. The molecule has 1 saturated carbocycles. The highest BCUT2D eigenvalue weighted by atomic mass is 16.4. The molecule has 0 unspecified atom stereocenters. The third kappa shape index (κ3) is 2.51. The fourth-order valence-corrected chi connectivity index (χ4v) is 3.09. The molecule has 4 nitrogen and oxygen atoms in total. The van der Waals surface area contributed by atoms with Crippen LogP contribution in [0.25, 0.3) is 0 Å². The number of hydrogen-bond acceptors (Lipinski definition) is 3. The Morgan fingerprint density at radius 2 is 2.15 bits per heavy atom. The van der Waals surface area contributed by atoms with Gasteiger partial charge in [-0.3, -0.25) is 0 Å². The molecule has 2 aliphatic carbocycles. The SMILES string of the molecule is CCCN(c1nc2c(cc1C(=O)O)CCCC2)C1CC1. The van der Waals surface area contributed by atoms with Gasteiger partial charge in [-0.1, -0.05) is 6.92 Å². The molecule has 0 radical (unpaired) electrons. The Morgan fingerprint density at radius 3 is 2.80 bits per heavy atom. The van der Waals surface area contributed by atoms with E-state index in [9.17, 15) is 9.90 Å². The smallest absolute Gasteiger partial charge is 0.339 e. The first kappa shape index (κ1) is 13.4. The highest BCUT2D eigenvalue weighted by Gasteiger charge is 2.32. The van der Waals surface area contributed by atoms with E-state index in [-0.39, 0.29) is 0 Å². The van der Waals surface area contributed by atoms with Crippen LogP contribution in [0.15, 0.2) is 6.07 Å². The molecular formula is C16H22N2O2. The molecule has 20 heavy (non-hydrogen) atoms. The maximum Gasteiger partial charge on any atom is 0.339 e. The quantitative estimate of drug-likeness (QED) is 0.896. The first-order valence-electron chi connectivity index (χ1n) is 7.73. The third-order valence-corrected chi connectivity index (χ3v) is 4.24. The zero-order valence-electron chi connectivity index (χ0n) is 12.1. The van der Waals surface area contributed by atoms with Crippen molar-refractivity contribution in [3.8, 4) is 0 Å². The summed E-state index contributed by atoms with van der Waals surface area (Å²) in [4.78, 5) is 18.6. The second-order valence-corrected chi connectivity index (χ2v) is 5.90. The number of fused-ring (bicyclic) bond motifs is 1. The number of aryl methyl sites for hydroxylation is 2. The average Bonchev–Trinajstić information content (AvgIpc) is 3.28. The lowest BCUT2D eigenvalue weighted by Gasteiger charge is -2.27. The Kier molecular flexibility index (Phi) is 3.64. The summed E-state index contributed by atoms with van der Waals surface area (Å²) in [5, 5.41) is 9.52. The number of anilines is 1. The summed E-state index contributed by atoms with van der Waals surface area (Å²) < 4.78 is 0. The number of rotatable bonds is 5. The molecule has 1 N–H and O–H groups in total. The van der Waals surface area contributed by atoms with E-state index in [1.807, 2.05) is 6.07 Å². The van der Waals surface area contributed by atoms with Crippen LogP contribution >= 0.6 is 0 Å². The van der Waals surface area contributed by atoms with E-state index in [0.29, 0.717) is 17.4 Å². The van der Waals surface area contributed by atoms with Crippen molar-refractivity contribution in [3.63, 3.8) is 0 Å². The van der Waals surface area contributed by atoms with Crippen LogP contribution in [0.1, 0.15) is 60.6 Å². The number of hydrogen-bond donors (Lipinski definition) is 1. The number of aromatic carboxylic acids is 1. The summed E-state index contributed by atoms with van der Waals surface area (Å²) >= 11 is 0. The van der Waals surface area contributed by atoms with Crippen molar-refractivity contribution in [1.29, 1.82) is 0 Å². The van der Waals surface area contributed by atoms with Gasteiger partial charge >= 0.3 is 5.97 Å². The van der Waals surface area contributed by atoms with Gasteiger partial charge < -0.3 is 10.0 Å². The van der Waals surface area contributed by atoms with E-state index in [4.69, 9.17) is 4.98 Å². The van der Waals surface area contributed by atoms with Crippen molar-refractivity contribution in [1.82, 2.24) is 4.98 Å². The molecule has 0 spiro atoms. The molecule has 1 heterocycles. The van der Waals surface area contributed by atoms with Gasteiger partial charge in [0.1, 0.15) is 11.4 Å². The summed E-state index contributed by atoms with van der Waals surface area (Å²) in [5.74, 6) is -0.134. The Labute approximate surface area is 119 Å². The lowest BCUT2D eigenvalue weighted by Crippen LogP contribution is -2.30. The molecule has 4 heteroatoms. The minimum atomic E-state index is -0.845. The van der Waals surface area contributed by atoms with E-state index in [1.165, 1.54) is 6.42 Å². The van der Waals surface area contributed by atoms with Crippen LogP contribution in [0.2, 0.25) is 0 Å². The number of aromatic nitrogens is 1. The standard InChI is InChI=1S/C16H22N2O2/c1-2-9-18(12-7-8-12)15-13(16(19)20)10-11-5-3-4-6-14(11)17-15/h10,12H,2-9H2,1H3,(H,19,20). The van der Waals surface area contributed by atoms with Crippen molar-refractivity contribution in [2.45, 2.75) is 57.9 Å². The maximum absolute atomic E-state index is 11.6. The Hall–Kier alpha value is -1.58. The molecule has 3 rings (SSSR count). The zero-order valence-corrected chi connectivity index (χ0v) is 12.1. The van der Waals surface area contributed by atoms with Gasteiger partial charge in [-0.05, 0) is 56.6 Å². The number of pyridine rings is 1. The summed E-state index contributed by atoms with van der Waals surface area (Å²) in [7, 11) is 0. The Morgan fingerprint density at radius 1 is 1.40 bits per heavy atom. The normalized spacial score (nSPS) is 17.6. The van der Waals surface area contributed by atoms with Gasteiger partial charge in [0.05, 0.1) is 0 Å². The lowest BCUT2D eigenvalue weighted by atomic mass is 9.94. The summed E-state index contributed by atoms with van der Waals surface area (Å²) in [6.07, 6.45) is 7.63. The van der Waals surface area contributed by atoms with Crippen LogP contribution in [-0.4, -0.2) is 28.6 Å². The van der Waals surface area contributed by atoms with Crippen LogP contribution < -0.4 is 4.90 Å². The minimum Gasteiger partial charge on any atom is -0.478 e. The lowest BCUT2D eigenvalue weighted by molar-refractivity contribution is 0.0697. The minimum absolute atomic E-state index is 0.394. The van der Waals surface area contributed by atoms with Crippen molar-refractivity contribution >= 4 is 11.8 Å². The molecule has 0 saturated heterocycles. The topological polar surface area (TPSA) is 53.4 Å². The first-order valence-corrected chi connectivity index (χ1v) is 7.73. The molecule has 1 fully saturated rings. The zero-order chi connectivity index (χ0) is 14.1. The van der Waals surface area contributed by atoms with Gasteiger partial charge in [0, 0.05) is 18.3 Å². The molecule has 0 amide bonds. The van der Waals surface area contributed by atoms with E-state index in [0.717, 1.165) is 56.3 Å². The third-order valence-electron chi connectivity index (χ3n) is 4.24. The summed E-state index contributed by atoms with van der Waals surface area (Å²) in [5.41, 5.74) is 2.66. The molecule has 108 valence electrons. The van der Waals surface area contributed by atoms with Gasteiger partial charge in [0.15, 0.2) is 0 Å². The molecule has 1 aromatic rings. The predicted molar refractivity (Wildman–Crippen MR) is 78.5 cm³/mol. The van der Waals surface area contributed by atoms with E-state index >= 15 is 0 Å². The van der Waals surface area contributed by atoms with E-state index < -0.39 is 5.97 Å². The van der Waals surface area contributed by atoms with E-state index in [2.05, 4.69) is 11.8 Å². The van der Waals surface area contributed by atoms with Crippen LogP contribution in [0, 0.1) is 0 Å². The average molecular weight is 274 g/mol. The van der Waals surface area contributed by atoms with Crippen LogP contribution in [0.5, 0.6) is 0 Å². The van der Waals surface area contributed by atoms with Crippen LogP contribution in [0.3, 0.4) is 0 Å². The van der Waals surface area contributed by atoms with Crippen molar-refractivity contribution in [3.05, 3.63) is 22.9 Å². The Bertz CT molecular complexity index is 523. The highest BCUT2D eigenvalue weighted by Crippen LogP contribution is 2.34. The van der Waals surface area contributed by atoms with Gasteiger partial charge in [-0.2, -0.15) is 0 Å². The number of carboxylic acids is 1. The monoisotopic (exact) mass is 274 g/mol. The van der Waals surface area contributed by atoms with Crippen molar-refractivity contribution in [2.75, 3.05) is 11.4 Å². The summed E-state index contributed by atoms with van der Waals surface area (Å²) in [6, 6.07) is 2.38. The fourth-order valence-electron chi connectivity index (χ4n) is 3.09. The fraction of sp³-hybridized carbons (Fsp3) is 0.625. The van der Waals surface area contributed by atoms with Gasteiger partial charge in [-0.25, -0.2) is 9.78 Å². The first-order chi connectivity index (χ1) is 9.70. The number of carbonyl (C=O) groups is 1. The molecule has 0 bridgehead atoms. The second-order valence-electron chi connectivity index (χ2n) is 5.90. The van der Waals surface area contributed by atoms with Gasteiger partial charge in [0.25, 0.3) is 0 Å². The number of carboxylic acid groups (broad SMARTS) is 1. The predicted octanol–water partition coefficient (Wildman–Crippen LogP) is 3.04. The molecular weight excluding hydrogens is 252 g/mol. The maximum atomic E-state index is 11.6. The molecule has 0 aliphatic heterocycles. The van der Waals surface area contributed by atoms with Crippen molar-refractivity contribution < 1.29 is 9.90 Å². The van der Waals surface area contributed by atoms with E-state index in [1.54, 1.807) is 0 Å². The molecule has 0 aromatic carbocycles. The molecule has 1 aromatic heterocycles. The second kappa shape index (κ2) is 5.43. The van der Waals surface area contributed by atoms with Crippen LogP contribution in [0.4, 0.5) is 5.82 Å².